The molecule has 2 amide bonds. The SMILES string of the molecule is O=C(CCCc1ccccc1)N1CCC(N(CCN2CCCCC2)C(=O)C2CC2)C1. The number of amides is 2. The molecule has 2 heterocycles. The zero-order valence-corrected chi connectivity index (χ0v) is 18.3. The first-order valence-electron chi connectivity index (χ1n) is 12.1. The molecule has 3 fully saturated rings. The van der Waals surface area contributed by atoms with Crippen molar-refractivity contribution in [3.8, 4) is 0 Å². The molecule has 0 radical (unpaired) electrons. The van der Waals surface area contributed by atoms with E-state index >= 15 is 0 Å². The third kappa shape index (κ3) is 5.84. The van der Waals surface area contributed by atoms with Gasteiger partial charge in [-0.1, -0.05) is 36.8 Å². The Labute approximate surface area is 181 Å². The molecule has 1 saturated carbocycles. The van der Waals surface area contributed by atoms with Crippen molar-refractivity contribution in [2.24, 2.45) is 5.92 Å². The summed E-state index contributed by atoms with van der Waals surface area (Å²) in [6.07, 6.45) is 9.38. The van der Waals surface area contributed by atoms with Crippen LogP contribution >= 0.6 is 0 Å². The number of hydrogen-bond acceptors (Lipinski definition) is 3. The van der Waals surface area contributed by atoms with Crippen LogP contribution in [0.15, 0.2) is 30.3 Å². The van der Waals surface area contributed by atoms with Gasteiger partial charge in [0.25, 0.3) is 0 Å². The minimum Gasteiger partial charge on any atom is -0.341 e. The summed E-state index contributed by atoms with van der Waals surface area (Å²) < 4.78 is 0. The minimum atomic E-state index is 0.209. The number of benzene rings is 1. The summed E-state index contributed by atoms with van der Waals surface area (Å²) in [5.74, 6) is 0.848. The lowest BCUT2D eigenvalue weighted by atomic mass is 10.1. The van der Waals surface area contributed by atoms with Gasteiger partial charge >= 0.3 is 0 Å². The fourth-order valence-corrected chi connectivity index (χ4v) is 4.94. The highest BCUT2D eigenvalue weighted by molar-refractivity contribution is 5.82. The van der Waals surface area contributed by atoms with Gasteiger partial charge in [-0.05, 0) is 63.6 Å². The van der Waals surface area contributed by atoms with Crippen molar-refractivity contribution in [2.45, 2.75) is 63.8 Å². The molecule has 2 aliphatic heterocycles. The van der Waals surface area contributed by atoms with Gasteiger partial charge in [-0.25, -0.2) is 0 Å². The third-order valence-corrected chi connectivity index (χ3v) is 6.97. The van der Waals surface area contributed by atoms with E-state index in [4.69, 9.17) is 0 Å². The summed E-state index contributed by atoms with van der Waals surface area (Å²) in [5.41, 5.74) is 1.29. The molecule has 1 atom stereocenters. The van der Waals surface area contributed by atoms with Crippen LogP contribution in [0.3, 0.4) is 0 Å². The molecule has 1 aliphatic carbocycles. The molecule has 0 spiro atoms. The maximum absolute atomic E-state index is 13.0. The summed E-state index contributed by atoms with van der Waals surface area (Å²) in [7, 11) is 0. The second-order valence-electron chi connectivity index (χ2n) is 9.33. The van der Waals surface area contributed by atoms with E-state index in [0.717, 1.165) is 58.3 Å². The fraction of sp³-hybridized carbons (Fsp3) is 0.680. The van der Waals surface area contributed by atoms with Crippen molar-refractivity contribution in [3.05, 3.63) is 35.9 Å². The molecule has 0 aromatic heterocycles. The summed E-state index contributed by atoms with van der Waals surface area (Å²) in [6, 6.07) is 10.6. The lowest BCUT2D eigenvalue weighted by molar-refractivity contribution is -0.136. The van der Waals surface area contributed by atoms with Crippen molar-refractivity contribution in [1.29, 1.82) is 0 Å². The van der Waals surface area contributed by atoms with Gasteiger partial charge < -0.3 is 14.7 Å². The molecule has 164 valence electrons. The van der Waals surface area contributed by atoms with Gasteiger partial charge in [0.05, 0.1) is 6.04 Å². The molecule has 2 saturated heterocycles. The summed E-state index contributed by atoms with van der Waals surface area (Å²) >= 11 is 0. The van der Waals surface area contributed by atoms with Crippen molar-refractivity contribution in [2.75, 3.05) is 39.3 Å². The molecule has 4 rings (SSSR count). The highest BCUT2D eigenvalue weighted by atomic mass is 16.2. The Bertz CT molecular complexity index is 698. The fourth-order valence-electron chi connectivity index (χ4n) is 4.94. The van der Waals surface area contributed by atoms with Crippen LogP contribution in [-0.4, -0.2) is 71.8 Å². The molecular weight excluding hydrogens is 374 g/mol. The van der Waals surface area contributed by atoms with Crippen molar-refractivity contribution in [1.82, 2.24) is 14.7 Å². The topological polar surface area (TPSA) is 43.9 Å². The Kier molecular flexibility index (Phi) is 7.42. The molecule has 1 unspecified atom stereocenters. The quantitative estimate of drug-likeness (QED) is 0.626. The van der Waals surface area contributed by atoms with E-state index in [0.29, 0.717) is 12.3 Å². The van der Waals surface area contributed by atoms with Crippen molar-refractivity contribution >= 4 is 11.8 Å². The largest absolute Gasteiger partial charge is 0.341 e. The van der Waals surface area contributed by atoms with E-state index in [1.165, 1.54) is 37.9 Å². The number of hydrogen-bond donors (Lipinski definition) is 0. The van der Waals surface area contributed by atoms with Crippen LogP contribution in [-0.2, 0) is 16.0 Å². The Morgan fingerprint density at radius 3 is 2.47 bits per heavy atom. The zero-order chi connectivity index (χ0) is 20.8. The van der Waals surface area contributed by atoms with Crippen LogP contribution in [0.25, 0.3) is 0 Å². The summed E-state index contributed by atoms with van der Waals surface area (Å²) in [6.45, 7) is 5.68. The number of nitrogens with zero attached hydrogens (tertiary/aromatic N) is 3. The molecule has 1 aromatic carbocycles. The molecule has 0 N–H and O–H groups in total. The Morgan fingerprint density at radius 2 is 1.73 bits per heavy atom. The molecule has 3 aliphatic rings. The first kappa shape index (κ1) is 21.4. The van der Waals surface area contributed by atoms with Gasteiger partial charge in [0.1, 0.15) is 0 Å². The van der Waals surface area contributed by atoms with Gasteiger partial charge in [0.2, 0.25) is 11.8 Å². The summed E-state index contributed by atoms with van der Waals surface area (Å²) in [5, 5.41) is 0. The highest BCUT2D eigenvalue weighted by Crippen LogP contribution is 2.33. The first-order chi connectivity index (χ1) is 14.7. The van der Waals surface area contributed by atoms with Gasteiger partial charge in [-0.2, -0.15) is 0 Å². The van der Waals surface area contributed by atoms with Crippen molar-refractivity contribution < 1.29 is 9.59 Å². The van der Waals surface area contributed by atoms with E-state index in [2.05, 4.69) is 34.1 Å². The maximum atomic E-state index is 13.0. The smallest absolute Gasteiger partial charge is 0.226 e. The number of aryl methyl sites for hydroxylation is 1. The van der Waals surface area contributed by atoms with Crippen LogP contribution in [0.1, 0.15) is 56.9 Å². The molecule has 1 aromatic rings. The van der Waals surface area contributed by atoms with Crippen LogP contribution in [0.2, 0.25) is 0 Å². The van der Waals surface area contributed by atoms with E-state index in [-0.39, 0.29) is 17.9 Å². The molecular formula is C25H37N3O2. The molecule has 5 nitrogen and oxygen atoms in total. The van der Waals surface area contributed by atoms with E-state index in [9.17, 15) is 9.59 Å². The van der Waals surface area contributed by atoms with Crippen LogP contribution in [0, 0.1) is 5.92 Å². The van der Waals surface area contributed by atoms with E-state index in [1.54, 1.807) is 0 Å². The average molecular weight is 412 g/mol. The second kappa shape index (κ2) is 10.4. The first-order valence-corrected chi connectivity index (χ1v) is 12.1. The third-order valence-electron chi connectivity index (χ3n) is 6.97. The number of likely N-dealkylation sites (tertiary alicyclic amines) is 2. The van der Waals surface area contributed by atoms with Crippen LogP contribution in [0.4, 0.5) is 0 Å². The van der Waals surface area contributed by atoms with Gasteiger partial charge in [0.15, 0.2) is 0 Å². The van der Waals surface area contributed by atoms with Gasteiger partial charge in [-0.15, -0.1) is 0 Å². The van der Waals surface area contributed by atoms with Crippen LogP contribution in [0.5, 0.6) is 0 Å². The highest BCUT2D eigenvalue weighted by Gasteiger charge is 2.39. The predicted octanol–water partition coefficient (Wildman–Crippen LogP) is 3.33. The predicted molar refractivity (Wildman–Crippen MR) is 119 cm³/mol. The average Bonchev–Trinajstić information content (AvgIpc) is 3.52. The second-order valence-corrected chi connectivity index (χ2v) is 9.33. The number of piperidine rings is 1. The number of rotatable bonds is 9. The molecule has 0 bridgehead atoms. The van der Waals surface area contributed by atoms with Gasteiger partial charge in [-0.3, -0.25) is 9.59 Å². The normalized spacial score (nSPS) is 22.3. The number of carbonyl (C=O) groups excluding carboxylic acids is 2. The Morgan fingerprint density at radius 1 is 0.967 bits per heavy atom. The lowest BCUT2D eigenvalue weighted by Gasteiger charge is -2.33. The standard InChI is InChI=1S/C25H37N3O2/c29-24(11-7-10-21-8-3-1-4-9-21)27-17-14-23(20-27)28(25(30)22-12-13-22)19-18-26-15-5-2-6-16-26/h1,3-4,8-9,22-23H,2,5-7,10-20H2. The molecule has 30 heavy (non-hydrogen) atoms. The summed E-state index contributed by atoms with van der Waals surface area (Å²) in [4.78, 5) is 32.4. The zero-order valence-electron chi connectivity index (χ0n) is 18.3. The number of carbonyl (C=O) groups is 2. The monoisotopic (exact) mass is 411 g/mol. The van der Waals surface area contributed by atoms with E-state index < -0.39 is 0 Å². The minimum absolute atomic E-state index is 0.209. The van der Waals surface area contributed by atoms with Crippen molar-refractivity contribution in [3.63, 3.8) is 0 Å². The lowest BCUT2D eigenvalue weighted by Crippen LogP contribution is -2.47. The van der Waals surface area contributed by atoms with E-state index in [1.807, 2.05) is 11.0 Å². The van der Waals surface area contributed by atoms with Crippen LogP contribution < -0.4 is 0 Å². The Hall–Kier alpha value is -1.88. The molecule has 5 heteroatoms. The van der Waals surface area contributed by atoms with Gasteiger partial charge in [0, 0.05) is 38.5 Å². The maximum Gasteiger partial charge on any atom is 0.226 e. The Balaban J connectivity index is 1.26.